The molecule has 132 valence electrons. The van der Waals surface area contributed by atoms with Crippen molar-refractivity contribution in [3.8, 4) is 0 Å². The van der Waals surface area contributed by atoms with E-state index in [4.69, 9.17) is 16.3 Å². The molecule has 1 saturated heterocycles. The third-order valence-electron chi connectivity index (χ3n) is 4.27. The van der Waals surface area contributed by atoms with Crippen LogP contribution < -0.4 is 0 Å². The molecule has 0 radical (unpaired) electrons. The molecule has 0 atom stereocenters. The van der Waals surface area contributed by atoms with Crippen molar-refractivity contribution < 1.29 is 18.7 Å². The van der Waals surface area contributed by atoms with E-state index in [2.05, 4.69) is 0 Å². The lowest BCUT2D eigenvalue weighted by Crippen LogP contribution is -2.40. The van der Waals surface area contributed by atoms with Gasteiger partial charge in [-0.3, -0.25) is 9.59 Å². The Morgan fingerprint density at radius 1 is 1.24 bits per heavy atom. The van der Waals surface area contributed by atoms with E-state index < -0.39 is 5.82 Å². The molecule has 25 heavy (non-hydrogen) atoms. The molecule has 7 heteroatoms. The summed E-state index contributed by atoms with van der Waals surface area (Å²) in [5.41, 5.74) is 0.183. The molecule has 0 bridgehead atoms. The summed E-state index contributed by atoms with van der Waals surface area (Å²) in [6.45, 7) is 0.840. The molecule has 0 unspecified atom stereocenters. The number of carbonyl (C=O) groups is 2. The average Bonchev–Trinajstić information content (AvgIpc) is 3.15. The van der Waals surface area contributed by atoms with Crippen LogP contribution in [-0.2, 0) is 16.1 Å². The Kier molecular flexibility index (Phi) is 5.71. The zero-order chi connectivity index (χ0) is 17.8. The maximum atomic E-state index is 13.7. The Labute approximate surface area is 154 Å². The highest BCUT2D eigenvalue weighted by atomic mass is 35.5. The summed E-state index contributed by atoms with van der Waals surface area (Å²) in [7, 11) is 0. The number of ether oxygens (including phenoxy) is 1. The van der Waals surface area contributed by atoms with Crippen LogP contribution in [0, 0.1) is 11.7 Å². The van der Waals surface area contributed by atoms with Crippen LogP contribution in [0.15, 0.2) is 35.7 Å². The number of benzene rings is 1. The Balaban J connectivity index is 1.51. The zero-order valence-electron chi connectivity index (χ0n) is 13.4. The van der Waals surface area contributed by atoms with Crippen molar-refractivity contribution in [2.45, 2.75) is 19.4 Å². The molecule has 1 aromatic heterocycles. The van der Waals surface area contributed by atoms with E-state index >= 15 is 0 Å². The maximum absolute atomic E-state index is 13.7. The Morgan fingerprint density at radius 2 is 2.00 bits per heavy atom. The fourth-order valence-corrected chi connectivity index (χ4v) is 3.71. The molecule has 0 N–H and O–H groups in total. The van der Waals surface area contributed by atoms with Gasteiger partial charge in [0.2, 0.25) is 0 Å². The molecule has 2 aromatic rings. The number of esters is 1. The third-order valence-corrected chi connectivity index (χ3v) is 5.48. The van der Waals surface area contributed by atoms with Crippen molar-refractivity contribution in [1.82, 2.24) is 4.90 Å². The topological polar surface area (TPSA) is 46.6 Å². The number of piperidine rings is 1. The Hall–Kier alpha value is -1.92. The van der Waals surface area contributed by atoms with E-state index in [1.807, 2.05) is 11.4 Å². The van der Waals surface area contributed by atoms with Crippen LogP contribution in [0.1, 0.15) is 28.1 Å². The molecule has 1 fully saturated rings. The van der Waals surface area contributed by atoms with Gasteiger partial charge in [-0.15, -0.1) is 11.3 Å². The van der Waals surface area contributed by atoms with Gasteiger partial charge in [0.15, 0.2) is 0 Å². The maximum Gasteiger partial charge on any atom is 0.309 e. The molecular formula is C18H17ClFNO3S. The summed E-state index contributed by atoms with van der Waals surface area (Å²) >= 11 is 7.34. The first-order chi connectivity index (χ1) is 12.1. The van der Waals surface area contributed by atoms with Crippen molar-refractivity contribution in [2.75, 3.05) is 13.1 Å². The predicted octanol–water partition coefficient (Wildman–Crippen LogP) is 4.14. The number of carbonyl (C=O) groups excluding carboxylic acids is 2. The van der Waals surface area contributed by atoms with Crippen LogP contribution in [-0.4, -0.2) is 29.9 Å². The van der Waals surface area contributed by atoms with E-state index in [0.717, 1.165) is 0 Å². The van der Waals surface area contributed by atoms with Gasteiger partial charge in [0.1, 0.15) is 12.4 Å². The fraction of sp³-hybridized carbons (Fsp3) is 0.333. The number of thiophene rings is 1. The second-order valence-electron chi connectivity index (χ2n) is 5.85. The predicted molar refractivity (Wildman–Crippen MR) is 94.2 cm³/mol. The first kappa shape index (κ1) is 17.9. The second-order valence-corrected chi connectivity index (χ2v) is 7.21. The largest absolute Gasteiger partial charge is 0.460 e. The van der Waals surface area contributed by atoms with Gasteiger partial charge < -0.3 is 9.64 Å². The van der Waals surface area contributed by atoms with Gasteiger partial charge in [0.25, 0.3) is 5.91 Å². The zero-order valence-corrected chi connectivity index (χ0v) is 15.0. The lowest BCUT2D eigenvalue weighted by Gasteiger charge is -2.30. The van der Waals surface area contributed by atoms with Gasteiger partial charge >= 0.3 is 5.97 Å². The van der Waals surface area contributed by atoms with Crippen molar-refractivity contribution >= 4 is 34.8 Å². The number of rotatable bonds is 4. The van der Waals surface area contributed by atoms with Crippen molar-refractivity contribution in [3.63, 3.8) is 0 Å². The standard InChI is InChI=1S/C18H17ClFNO3S/c19-14-3-1-4-15(20)13(14)11-24-18(23)12-6-8-21(9-7-12)17(22)16-5-2-10-25-16/h1-5,10,12H,6-9,11H2. The van der Waals surface area contributed by atoms with Crippen LogP contribution in [0.25, 0.3) is 0 Å². The number of hydrogen-bond acceptors (Lipinski definition) is 4. The molecule has 1 amide bonds. The molecule has 3 rings (SSSR count). The van der Waals surface area contributed by atoms with Gasteiger partial charge in [0, 0.05) is 18.7 Å². The normalized spacial score (nSPS) is 15.2. The highest BCUT2D eigenvalue weighted by molar-refractivity contribution is 7.12. The first-order valence-corrected chi connectivity index (χ1v) is 9.24. The van der Waals surface area contributed by atoms with Crippen molar-refractivity contribution in [2.24, 2.45) is 5.92 Å². The molecule has 2 heterocycles. The quantitative estimate of drug-likeness (QED) is 0.748. The fourth-order valence-electron chi connectivity index (χ4n) is 2.81. The SMILES string of the molecule is O=C(OCc1c(F)cccc1Cl)C1CCN(C(=O)c2cccs2)CC1. The first-order valence-electron chi connectivity index (χ1n) is 7.98. The molecule has 4 nitrogen and oxygen atoms in total. The van der Waals surface area contributed by atoms with Crippen LogP contribution >= 0.6 is 22.9 Å². The van der Waals surface area contributed by atoms with Crippen molar-refractivity contribution in [3.05, 3.63) is 57.0 Å². The van der Waals surface area contributed by atoms with Gasteiger partial charge in [0.05, 0.1) is 15.8 Å². The van der Waals surface area contributed by atoms with E-state index in [-0.39, 0.29) is 35.0 Å². The molecule has 1 aliphatic heterocycles. The molecular weight excluding hydrogens is 365 g/mol. The summed E-state index contributed by atoms with van der Waals surface area (Å²) in [5, 5.41) is 2.11. The Bertz CT molecular complexity index is 737. The summed E-state index contributed by atoms with van der Waals surface area (Å²) in [4.78, 5) is 27.0. The number of likely N-dealkylation sites (tertiary alicyclic amines) is 1. The lowest BCUT2D eigenvalue weighted by molar-refractivity contribution is -0.151. The lowest BCUT2D eigenvalue weighted by atomic mass is 9.97. The minimum atomic E-state index is -0.489. The van der Waals surface area contributed by atoms with Crippen LogP contribution in [0.5, 0.6) is 0 Å². The molecule has 1 aliphatic rings. The van der Waals surface area contributed by atoms with E-state index in [9.17, 15) is 14.0 Å². The van der Waals surface area contributed by atoms with Gasteiger partial charge in [-0.2, -0.15) is 0 Å². The smallest absolute Gasteiger partial charge is 0.309 e. The van der Waals surface area contributed by atoms with E-state index in [0.29, 0.717) is 30.8 Å². The number of nitrogens with zero attached hydrogens (tertiary/aromatic N) is 1. The van der Waals surface area contributed by atoms with Crippen LogP contribution in [0.3, 0.4) is 0 Å². The highest BCUT2D eigenvalue weighted by Gasteiger charge is 2.29. The van der Waals surface area contributed by atoms with Crippen LogP contribution in [0.4, 0.5) is 4.39 Å². The van der Waals surface area contributed by atoms with Crippen LogP contribution in [0.2, 0.25) is 5.02 Å². The molecule has 0 aliphatic carbocycles. The summed E-state index contributed by atoms with van der Waals surface area (Å²) in [5.74, 6) is -1.14. The average molecular weight is 382 g/mol. The molecule has 0 spiro atoms. The second kappa shape index (κ2) is 7.97. The number of hydrogen-bond donors (Lipinski definition) is 0. The summed E-state index contributed by atoms with van der Waals surface area (Å²) < 4.78 is 18.9. The van der Waals surface area contributed by atoms with Crippen molar-refractivity contribution in [1.29, 1.82) is 0 Å². The Morgan fingerprint density at radius 3 is 2.64 bits per heavy atom. The van der Waals surface area contributed by atoms with Gasteiger partial charge in [-0.1, -0.05) is 23.7 Å². The van der Waals surface area contributed by atoms with E-state index in [1.54, 1.807) is 17.0 Å². The number of halogens is 2. The summed E-state index contributed by atoms with van der Waals surface area (Å²) in [6, 6.07) is 7.98. The molecule has 0 saturated carbocycles. The minimum absolute atomic E-state index is 0.0000409. The summed E-state index contributed by atoms with van der Waals surface area (Å²) in [6.07, 6.45) is 1.09. The minimum Gasteiger partial charge on any atom is -0.460 e. The van der Waals surface area contributed by atoms with Gasteiger partial charge in [-0.05, 0) is 36.4 Å². The monoisotopic (exact) mass is 381 g/mol. The van der Waals surface area contributed by atoms with Gasteiger partial charge in [-0.25, -0.2) is 4.39 Å². The van der Waals surface area contributed by atoms with E-state index in [1.165, 1.54) is 23.5 Å². The molecule has 1 aromatic carbocycles. The highest BCUT2D eigenvalue weighted by Crippen LogP contribution is 2.24. The third kappa shape index (κ3) is 4.19. The number of amides is 1.